The molecule has 118 valence electrons. The summed E-state index contributed by atoms with van der Waals surface area (Å²) in [5.41, 5.74) is -0.0379. The van der Waals surface area contributed by atoms with Gasteiger partial charge < -0.3 is 9.52 Å². The van der Waals surface area contributed by atoms with Gasteiger partial charge in [0.05, 0.1) is 5.92 Å². The number of carboxylic acids is 1. The van der Waals surface area contributed by atoms with Gasteiger partial charge in [-0.25, -0.2) is 0 Å². The Kier molecular flexibility index (Phi) is 4.77. The summed E-state index contributed by atoms with van der Waals surface area (Å²) in [7, 11) is 0. The topological polar surface area (TPSA) is 53.7 Å². The molecule has 4 nitrogen and oxygen atoms in total. The van der Waals surface area contributed by atoms with Crippen LogP contribution in [0.15, 0.2) is 16.5 Å². The molecule has 2 atom stereocenters. The molecule has 0 aliphatic carbocycles. The first-order chi connectivity index (χ1) is 9.79. The number of hydrogen-bond acceptors (Lipinski definition) is 3. The quantitative estimate of drug-likeness (QED) is 0.903. The van der Waals surface area contributed by atoms with E-state index in [4.69, 9.17) is 4.42 Å². The van der Waals surface area contributed by atoms with Gasteiger partial charge in [0.2, 0.25) is 0 Å². The van der Waals surface area contributed by atoms with Crippen LogP contribution in [0.1, 0.15) is 51.6 Å². The average Bonchev–Trinajstić information content (AvgIpc) is 2.86. The van der Waals surface area contributed by atoms with Crippen molar-refractivity contribution in [3.05, 3.63) is 23.7 Å². The lowest BCUT2D eigenvalue weighted by Gasteiger charge is -2.38. The van der Waals surface area contributed by atoms with Crippen LogP contribution in [0.2, 0.25) is 0 Å². The summed E-state index contributed by atoms with van der Waals surface area (Å²) in [6.45, 7) is 10.2. The molecule has 1 aliphatic rings. The second kappa shape index (κ2) is 6.22. The molecule has 1 N–H and O–H groups in total. The van der Waals surface area contributed by atoms with Gasteiger partial charge in [0.25, 0.3) is 0 Å². The second-order valence-corrected chi connectivity index (χ2v) is 7.02. The van der Waals surface area contributed by atoms with Crippen LogP contribution in [0.25, 0.3) is 0 Å². The molecule has 2 heterocycles. The van der Waals surface area contributed by atoms with E-state index >= 15 is 0 Å². The third-order valence-corrected chi connectivity index (χ3v) is 4.64. The number of aliphatic carboxylic acids is 1. The van der Waals surface area contributed by atoms with E-state index in [0.29, 0.717) is 12.6 Å². The van der Waals surface area contributed by atoms with E-state index in [1.54, 1.807) is 0 Å². The van der Waals surface area contributed by atoms with Crippen molar-refractivity contribution in [2.24, 2.45) is 5.92 Å². The Bertz CT molecular complexity index is 492. The third kappa shape index (κ3) is 3.88. The molecule has 2 rings (SSSR count). The standard InChI is InChI=1S/C17H27NO3/c1-12(18-9-5-6-14(11-18)16(19)20)10-17(3,4)15-8-7-13(2)21-15/h7-8,12,14H,5-6,9-11H2,1-4H3,(H,19,20)/t12-,14-/m1/s1. The molecule has 0 spiro atoms. The largest absolute Gasteiger partial charge is 0.481 e. The number of hydrogen-bond donors (Lipinski definition) is 1. The fourth-order valence-corrected chi connectivity index (χ4v) is 3.37. The maximum Gasteiger partial charge on any atom is 0.307 e. The maximum absolute atomic E-state index is 11.2. The van der Waals surface area contributed by atoms with Crippen LogP contribution >= 0.6 is 0 Å². The minimum absolute atomic E-state index is 0.0379. The zero-order chi connectivity index (χ0) is 15.6. The van der Waals surface area contributed by atoms with Gasteiger partial charge in [-0.1, -0.05) is 13.8 Å². The Morgan fingerprint density at radius 1 is 1.52 bits per heavy atom. The Labute approximate surface area is 127 Å². The third-order valence-electron chi connectivity index (χ3n) is 4.64. The summed E-state index contributed by atoms with van der Waals surface area (Å²) in [5.74, 6) is 1.08. The first kappa shape index (κ1) is 16.1. The van der Waals surface area contributed by atoms with E-state index in [-0.39, 0.29) is 11.3 Å². The number of nitrogens with zero attached hydrogens (tertiary/aromatic N) is 1. The summed E-state index contributed by atoms with van der Waals surface area (Å²) in [6.07, 6.45) is 2.74. The van der Waals surface area contributed by atoms with Crippen LogP contribution in [0.4, 0.5) is 0 Å². The molecule has 0 amide bonds. The van der Waals surface area contributed by atoms with Crippen LogP contribution in [-0.4, -0.2) is 35.1 Å². The van der Waals surface area contributed by atoms with Crippen LogP contribution < -0.4 is 0 Å². The predicted molar refractivity (Wildman–Crippen MR) is 82.5 cm³/mol. The molecule has 1 saturated heterocycles. The molecule has 21 heavy (non-hydrogen) atoms. The monoisotopic (exact) mass is 293 g/mol. The van der Waals surface area contributed by atoms with E-state index in [1.165, 1.54) is 0 Å². The maximum atomic E-state index is 11.2. The van der Waals surface area contributed by atoms with Crippen molar-refractivity contribution < 1.29 is 14.3 Å². The Morgan fingerprint density at radius 3 is 2.81 bits per heavy atom. The molecule has 0 saturated carbocycles. The summed E-state index contributed by atoms with van der Waals surface area (Å²) in [5, 5.41) is 9.21. The molecule has 4 heteroatoms. The van der Waals surface area contributed by atoms with Crippen molar-refractivity contribution in [2.75, 3.05) is 13.1 Å². The van der Waals surface area contributed by atoms with E-state index in [1.807, 2.05) is 13.0 Å². The summed E-state index contributed by atoms with van der Waals surface area (Å²) in [4.78, 5) is 13.5. The van der Waals surface area contributed by atoms with Crippen LogP contribution in [0.3, 0.4) is 0 Å². The molecule has 0 bridgehead atoms. The molecule has 0 radical (unpaired) electrons. The highest BCUT2D eigenvalue weighted by Gasteiger charge is 2.32. The zero-order valence-electron chi connectivity index (χ0n) is 13.6. The molecule has 1 aliphatic heterocycles. The van der Waals surface area contributed by atoms with Crippen molar-refractivity contribution >= 4 is 5.97 Å². The number of furan rings is 1. The van der Waals surface area contributed by atoms with Gasteiger partial charge in [0.15, 0.2) is 0 Å². The number of piperidine rings is 1. The van der Waals surface area contributed by atoms with E-state index < -0.39 is 5.97 Å². The van der Waals surface area contributed by atoms with Gasteiger partial charge in [-0.15, -0.1) is 0 Å². The minimum Gasteiger partial charge on any atom is -0.481 e. The normalized spacial score (nSPS) is 22.2. The lowest BCUT2D eigenvalue weighted by atomic mass is 9.82. The summed E-state index contributed by atoms with van der Waals surface area (Å²) >= 11 is 0. The highest BCUT2D eigenvalue weighted by molar-refractivity contribution is 5.70. The van der Waals surface area contributed by atoms with Crippen LogP contribution in [0, 0.1) is 12.8 Å². The molecule has 1 aromatic rings. The Balaban J connectivity index is 2.00. The SMILES string of the molecule is Cc1ccc(C(C)(C)C[C@@H](C)N2CCC[C@@H](C(=O)O)C2)o1. The molecule has 0 unspecified atom stereocenters. The predicted octanol–water partition coefficient (Wildman–Crippen LogP) is 3.44. The summed E-state index contributed by atoms with van der Waals surface area (Å²) < 4.78 is 5.78. The van der Waals surface area contributed by atoms with E-state index in [9.17, 15) is 9.90 Å². The van der Waals surface area contributed by atoms with Crippen molar-refractivity contribution in [2.45, 2.75) is 58.4 Å². The van der Waals surface area contributed by atoms with Gasteiger partial charge in [-0.3, -0.25) is 9.69 Å². The van der Waals surface area contributed by atoms with Gasteiger partial charge in [0, 0.05) is 18.0 Å². The number of aryl methyl sites for hydroxylation is 1. The Hall–Kier alpha value is -1.29. The number of rotatable bonds is 5. The zero-order valence-corrected chi connectivity index (χ0v) is 13.6. The smallest absolute Gasteiger partial charge is 0.307 e. The molecular weight excluding hydrogens is 266 g/mol. The fourth-order valence-electron chi connectivity index (χ4n) is 3.37. The highest BCUT2D eigenvalue weighted by atomic mass is 16.4. The highest BCUT2D eigenvalue weighted by Crippen LogP contribution is 2.32. The van der Waals surface area contributed by atoms with Gasteiger partial charge in [-0.2, -0.15) is 0 Å². The van der Waals surface area contributed by atoms with Crippen molar-refractivity contribution in [1.29, 1.82) is 0 Å². The van der Waals surface area contributed by atoms with E-state index in [0.717, 1.165) is 37.3 Å². The fraction of sp³-hybridized carbons (Fsp3) is 0.706. The van der Waals surface area contributed by atoms with Crippen LogP contribution in [0.5, 0.6) is 0 Å². The lowest BCUT2D eigenvalue weighted by Crippen LogP contribution is -2.45. The molecule has 1 fully saturated rings. The van der Waals surface area contributed by atoms with Crippen molar-refractivity contribution in [3.8, 4) is 0 Å². The van der Waals surface area contributed by atoms with E-state index in [2.05, 4.69) is 31.7 Å². The number of carbonyl (C=O) groups is 1. The summed E-state index contributed by atoms with van der Waals surface area (Å²) in [6, 6.07) is 4.41. The average molecular weight is 293 g/mol. The number of carboxylic acid groups (broad SMARTS) is 1. The number of likely N-dealkylation sites (tertiary alicyclic amines) is 1. The van der Waals surface area contributed by atoms with Crippen molar-refractivity contribution in [3.63, 3.8) is 0 Å². The molecular formula is C17H27NO3. The van der Waals surface area contributed by atoms with Gasteiger partial charge in [-0.05, 0) is 51.8 Å². The Morgan fingerprint density at radius 2 is 2.24 bits per heavy atom. The van der Waals surface area contributed by atoms with Gasteiger partial charge >= 0.3 is 5.97 Å². The first-order valence-electron chi connectivity index (χ1n) is 7.83. The second-order valence-electron chi connectivity index (χ2n) is 7.02. The molecule has 0 aromatic carbocycles. The van der Waals surface area contributed by atoms with Gasteiger partial charge in [0.1, 0.15) is 11.5 Å². The molecule has 1 aromatic heterocycles. The minimum atomic E-state index is -0.659. The van der Waals surface area contributed by atoms with Crippen LogP contribution in [-0.2, 0) is 10.2 Å². The first-order valence-corrected chi connectivity index (χ1v) is 7.83. The lowest BCUT2D eigenvalue weighted by molar-refractivity contribution is -0.143. The van der Waals surface area contributed by atoms with Crippen molar-refractivity contribution in [1.82, 2.24) is 4.90 Å².